The molecule has 0 radical (unpaired) electrons. The van der Waals surface area contributed by atoms with Gasteiger partial charge in [-0.15, -0.1) is 0 Å². The van der Waals surface area contributed by atoms with Gasteiger partial charge in [0.1, 0.15) is 18.2 Å². The van der Waals surface area contributed by atoms with E-state index in [4.69, 9.17) is 18.9 Å². The van der Waals surface area contributed by atoms with Crippen LogP contribution in [0.2, 0.25) is 0 Å². The Labute approximate surface area is 231 Å². The van der Waals surface area contributed by atoms with Gasteiger partial charge in [-0.3, -0.25) is 14.4 Å². The third-order valence-electron chi connectivity index (χ3n) is 5.36. The van der Waals surface area contributed by atoms with Gasteiger partial charge in [0.25, 0.3) is 0 Å². The molecule has 220 valence electrons. The van der Waals surface area contributed by atoms with Crippen LogP contribution in [-0.4, -0.2) is 54.0 Å². The van der Waals surface area contributed by atoms with Crippen LogP contribution in [0.15, 0.2) is 18.2 Å². The van der Waals surface area contributed by atoms with E-state index in [-0.39, 0.29) is 54.2 Å². The van der Waals surface area contributed by atoms with Crippen LogP contribution in [0, 0.1) is 10.8 Å². The molecular weight excluding hydrogens is 506 g/mol. The Kier molecular flexibility index (Phi) is 12.9. The zero-order valence-electron chi connectivity index (χ0n) is 24.7. The Bertz CT molecular complexity index is 991. The minimum atomic E-state index is -1.11. The highest BCUT2D eigenvalue weighted by atomic mass is 16.7. The molecule has 2 unspecified atom stereocenters. The van der Waals surface area contributed by atoms with Crippen molar-refractivity contribution in [2.75, 3.05) is 6.54 Å². The van der Waals surface area contributed by atoms with E-state index in [0.29, 0.717) is 12.0 Å². The van der Waals surface area contributed by atoms with Crippen molar-refractivity contribution in [3.63, 3.8) is 0 Å². The van der Waals surface area contributed by atoms with E-state index < -0.39 is 36.2 Å². The van der Waals surface area contributed by atoms with Gasteiger partial charge in [0.05, 0.1) is 12.8 Å². The number of ether oxygens (including phenoxy) is 4. The van der Waals surface area contributed by atoms with Crippen LogP contribution in [0.5, 0.6) is 11.5 Å². The summed E-state index contributed by atoms with van der Waals surface area (Å²) in [6.45, 7) is 16.7. The molecule has 0 fully saturated rings. The van der Waals surface area contributed by atoms with Crippen LogP contribution in [0.25, 0.3) is 0 Å². The van der Waals surface area contributed by atoms with E-state index in [1.807, 2.05) is 48.5 Å². The third-order valence-corrected chi connectivity index (χ3v) is 5.36. The molecule has 0 bridgehead atoms. The lowest BCUT2D eigenvalue weighted by Crippen LogP contribution is -2.42. The largest absolute Gasteiger partial charge is 0.508 e. The molecule has 2 N–H and O–H groups in total. The quantitative estimate of drug-likeness (QED) is 0.245. The summed E-state index contributed by atoms with van der Waals surface area (Å²) in [6.07, 6.45) is -0.786. The van der Waals surface area contributed by atoms with Crippen molar-refractivity contribution in [2.45, 2.75) is 106 Å². The lowest BCUT2D eigenvalue weighted by atomic mass is 9.92. The molecule has 0 aliphatic heterocycles. The third kappa shape index (κ3) is 14.6. The SMILES string of the molecule is CCC(C)OC(=O)OC(C)CN[C@@H](Cc1ccc(OC(=O)CC(C)(C)C)c(OC(=O)CC(C)(C)C)c1)C(=O)O. The Morgan fingerprint density at radius 2 is 1.36 bits per heavy atom. The van der Waals surface area contributed by atoms with E-state index in [1.54, 1.807) is 19.9 Å². The molecule has 10 nitrogen and oxygen atoms in total. The van der Waals surface area contributed by atoms with E-state index >= 15 is 0 Å². The van der Waals surface area contributed by atoms with Crippen LogP contribution < -0.4 is 14.8 Å². The van der Waals surface area contributed by atoms with Gasteiger partial charge in [0.15, 0.2) is 11.5 Å². The summed E-state index contributed by atoms with van der Waals surface area (Å²) in [6, 6.07) is 3.57. The highest BCUT2D eigenvalue weighted by molar-refractivity contribution is 5.77. The summed E-state index contributed by atoms with van der Waals surface area (Å²) in [4.78, 5) is 48.8. The predicted octanol–water partition coefficient (Wildman–Crippen LogP) is 5.30. The lowest BCUT2D eigenvalue weighted by Gasteiger charge is -2.21. The van der Waals surface area contributed by atoms with Gasteiger partial charge in [-0.1, -0.05) is 54.5 Å². The van der Waals surface area contributed by atoms with Crippen LogP contribution in [-0.2, 0) is 30.3 Å². The van der Waals surface area contributed by atoms with Gasteiger partial charge in [-0.05, 0) is 55.2 Å². The fourth-order valence-electron chi connectivity index (χ4n) is 3.30. The zero-order valence-corrected chi connectivity index (χ0v) is 24.7. The van der Waals surface area contributed by atoms with Crippen molar-refractivity contribution in [3.8, 4) is 11.5 Å². The normalized spacial score (nSPS) is 14.1. The number of carboxylic acid groups (broad SMARTS) is 1. The number of nitrogens with one attached hydrogen (secondary N) is 1. The maximum atomic E-state index is 12.6. The van der Waals surface area contributed by atoms with Crippen LogP contribution in [0.3, 0.4) is 0 Å². The molecule has 3 atom stereocenters. The predicted molar refractivity (Wildman–Crippen MR) is 146 cm³/mol. The molecule has 0 aromatic heterocycles. The summed E-state index contributed by atoms with van der Waals surface area (Å²) in [5.41, 5.74) is -0.0869. The smallest absolute Gasteiger partial charge is 0.480 e. The van der Waals surface area contributed by atoms with E-state index in [1.165, 1.54) is 12.1 Å². The first-order chi connectivity index (χ1) is 17.9. The molecule has 1 aromatic carbocycles. The first-order valence-corrected chi connectivity index (χ1v) is 13.3. The van der Waals surface area contributed by atoms with E-state index in [0.717, 1.165) is 0 Å². The fraction of sp³-hybridized carbons (Fsp3) is 0.655. The number of aliphatic carboxylic acids is 1. The van der Waals surface area contributed by atoms with Crippen molar-refractivity contribution in [1.29, 1.82) is 0 Å². The first kappa shape index (κ1) is 33.9. The average Bonchev–Trinajstić information content (AvgIpc) is 2.75. The Morgan fingerprint density at radius 3 is 1.85 bits per heavy atom. The van der Waals surface area contributed by atoms with Gasteiger partial charge in [-0.2, -0.15) is 0 Å². The van der Waals surface area contributed by atoms with Gasteiger partial charge in [-0.25, -0.2) is 4.79 Å². The van der Waals surface area contributed by atoms with Crippen LogP contribution in [0.4, 0.5) is 4.79 Å². The average molecular weight is 552 g/mol. The van der Waals surface area contributed by atoms with Crippen molar-refractivity contribution < 1.29 is 43.2 Å². The molecule has 0 aliphatic carbocycles. The summed E-state index contributed by atoms with van der Waals surface area (Å²) in [5, 5.41) is 12.6. The number of benzene rings is 1. The highest BCUT2D eigenvalue weighted by Gasteiger charge is 2.24. The number of hydrogen-bond donors (Lipinski definition) is 2. The topological polar surface area (TPSA) is 137 Å². The van der Waals surface area contributed by atoms with E-state index in [9.17, 15) is 24.3 Å². The minimum absolute atomic E-state index is 0.0272. The highest BCUT2D eigenvalue weighted by Crippen LogP contribution is 2.32. The van der Waals surface area contributed by atoms with E-state index in [2.05, 4.69) is 5.32 Å². The monoisotopic (exact) mass is 551 g/mol. The maximum absolute atomic E-state index is 12.6. The summed E-state index contributed by atoms with van der Waals surface area (Å²) in [7, 11) is 0. The van der Waals surface area contributed by atoms with Gasteiger partial charge < -0.3 is 29.4 Å². The number of carbonyl (C=O) groups is 4. The Balaban J connectivity index is 3.03. The zero-order chi connectivity index (χ0) is 30.0. The second kappa shape index (κ2) is 14.9. The molecule has 0 amide bonds. The summed E-state index contributed by atoms with van der Waals surface area (Å²) in [5.74, 6) is -1.98. The molecule has 0 saturated heterocycles. The van der Waals surface area contributed by atoms with Gasteiger partial charge in [0, 0.05) is 6.54 Å². The lowest BCUT2D eigenvalue weighted by molar-refractivity contribution is -0.139. The summed E-state index contributed by atoms with van der Waals surface area (Å²) >= 11 is 0. The number of esters is 2. The minimum Gasteiger partial charge on any atom is -0.480 e. The summed E-state index contributed by atoms with van der Waals surface area (Å²) < 4.78 is 21.3. The first-order valence-electron chi connectivity index (χ1n) is 13.3. The molecule has 0 heterocycles. The Hall–Kier alpha value is -3.14. The van der Waals surface area contributed by atoms with Gasteiger partial charge in [0.2, 0.25) is 0 Å². The molecule has 0 aliphatic rings. The van der Waals surface area contributed by atoms with Crippen molar-refractivity contribution in [1.82, 2.24) is 5.32 Å². The molecular formula is C29H45NO9. The van der Waals surface area contributed by atoms with Crippen molar-refractivity contribution in [3.05, 3.63) is 23.8 Å². The molecule has 0 saturated carbocycles. The standard InChI is InChI=1S/C29H45NO9/c1-10-18(2)36-27(35)37-19(3)17-30-21(26(33)34)13-20-11-12-22(38-24(31)15-28(4,5)6)23(14-20)39-25(32)16-29(7,8)9/h11-12,14,18-19,21,30H,10,13,15-17H2,1-9H3,(H,33,34)/t18?,19?,21-/m0/s1. The fourth-order valence-corrected chi connectivity index (χ4v) is 3.30. The molecule has 1 rings (SSSR count). The second-order valence-electron chi connectivity index (χ2n) is 12.2. The number of rotatable bonds is 13. The molecule has 39 heavy (non-hydrogen) atoms. The van der Waals surface area contributed by atoms with Crippen LogP contribution in [0.1, 0.15) is 87.1 Å². The second-order valence-corrected chi connectivity index (χ2v) is 12.2. The molecule has 0 spiro atoms. The number of carbonyl (C=O) groups excluding carboxylic acids is 3. The Morgan fingerprint density at radius 1 is 0.846 bits per heavy atom. The molecule has 1 aromatic rings. The van der Waals surface area contributed by atoms with Crippen LogP contribution >= 0.6 is 0 Å². The number of carboxylic acids is 1. The maximum Gasteiger partial charge on any atom is 0.508 e. The number of hydrogen-bond acceptors (Lipinski definition) is 9. The molecule has 10 heteroatoms. The van der Waals surface area contributed by atoms with Crippen molar-refractivity contribution in [2.24, 2.45) is 10.8 Å². The van der Waals surface area contributed by atoms with Crippen molar-refractivity contribution >= 4 is 24.1 Å². The van der Waals surface area contributed by atoms with Gasteiger partial charge >= 0.3 is 24.1 Å².